The summed E-state index contributed by atoms with van der Waals surface area (Å²) in [6.07, 6.45) is 17.6. The number of carbonyl (C=O) groups is 3. The first-order valence-electron chi connectivity index (χ1n) is 15.8. The van der Waals surface area contributed by atoms with Crippen LogP contribution in [0.5, 0.6) is 0 Å². The van der Waals surface area contributed by atoms with Gasteiger partial charge in [-0.15, -0.1) is 0 Å². The molecule has 8 nitrogen and oxygen atoms in total. The summed E-state index contributed by atoms with van der Waals surface area (Å²) in [6, 6.07) is -0.548. The lowest BCUT2D eigenvalue weighted by molar-refractivity contribution is -0.147. The van der Waals surface area contributed by atoms with Gasteiger partial charge in [-0.05, 0) is 63.4 Å². The SMILES string of the molecule is C/C(Cl)=C\C[C@@H](C/C=C\NC(=O)[C@@H](N)C(C)(C)C)O[Si](C)(C)C(C)(C)C.CC1=CC[C@@H]([C@@H](C)/C=C(C)/C=C/C=C/C(=O)O)OC1=O. The highest BCUT2D eigenvalue weighted by molar-refractivity contribution is 6.74. The Morgan fingerprint density at radius 3 is 2.24 bits per heavy atom. The number of ether oxygens (including phenoxy) is 1. The van der Waals surface area contributed by atoms with Crippen LogP contribution in [0.3, 0.4) is 0 Å². The zero-order valence-corrected chi connectivity index (χ0v) is 31.8. The minimum absolute atomic E-state index is 0.0361. The van der Waals surface area contributed by atoms with E-state index in [1.165, 1.54) is 6.08 Å². The Morgan fingerprint density at radius 2 is 1.74 bits per heavy atom. The molecule has 1 amide bonds. The van der Waals surface area contributed by atoms with Crippen LogP contribution in [0.15, 0.2) is 71.0 Å². The van der Waals surface area contributed by atoms with Gasteiger partial charge in [0.25, 0.3) is 0 Å². The molecule has 0 spiro atoms. The van der Waals surface area contributed by atoms with Crippen molar-refractivity contribution >= 4 is 37.8 Å². The quantitative estimate of drug-likeness (QED) is 0.0773. The number of allylic oxidation sites excluding steroid dienone is 5. The van der Waals surface area contributed by atoms with Crippen LogP contribution in [0.2, 0.25) is 18.1 Å². The van der Waals surface area contributed by atoms with Crippen molar-refractivity contribution in [3.05, 3.63) is 71.0 Å². The molecular formula is C36H59ClN2O6Si. The Balaban J connectivity index is 0.000000909. The van der Waals surface area contributed by atoms with Crippen LogP contribution in [0.1, 0.15) is 88.5 Å². The lowest BCUT2D eigenvalue weighted by Crippen LogP contribution is -2.47. The van der Waals surface area contributed by atoms with E-state index in [2.05, 4.69) is 39.2 Å². The van der Waals surface area contributed by atoms with Crippen molar-refractivity contribution in [3.8, 4) is 0 Å². The summed E-state index contributed by atoms with van der Waals surface area (Å²) >= 11 is 5.99. The minimum atomic E-state index is -1.88. The van der Waals surface area contributed by atoms with Gasteiger partial charge in [0.2, 0.25) is 5.91 Å². The maximum absolute atomic E-state index is 12.1. The molecule has 4 atom stereocenters. The zero-order chi connectivity index (χ0) is 35.9. The maximum atomic E-state index is 12.1. The Labute approximate surface area is 284 Å². The van der Waals surface area contributed by atoms with Crippen molar-refractivity contribution in [3.63, 3.8) is 0 Å². The molecule has 0 unspecified atom stereocenters. The van der Waals surface area contributed by atoms with E-state index >= 15 is 0 Å². The molecule has 0 bridgehead atoms. The first-order chi connectivity index (χ1) is 21.0. The van der Waals surface area contributed by atoms with Crippen LogP contribution < -0.4 is 11.1 Å². The lowest BCUT2D eigenvalue weighted by atomic mass is 9.87. The van der Waals surface area contributed by atoms with Crippen molar-refractivity contribution in [1.82, 2.24) is 5.32 Å². The third kappa shape index (κ3) is 17.8. The van der Waals surface area contributed by atoms with E-state index in [1.54, 1.807) is 19.2 Å². The zero-order valence-electron chi connectivity index (χ0n) is 30.1. The molecule has 0 fully saturated rings. The fourth-order valence-corrected chi connectivity index (χ4v) is 5.29. The highest BCUT2D eigenvalue weighted by Gasteiger charge is 2.38. The highest BCUT2D eigenvalue weighted by Crippen LogP contribution is 2.38. The van der Waals surface area contributed by atoms with Gasteiger partial charge in [0.15, 0.2) is 8.32 Å². The molecule has 1 rings (SSSR count). The number of rotatable bonds is 13. The molecule has 0 aromatic carbocycles. The van der Waals surface area contributed by atoms with Crippen LogP contribution in [0, 0.1) is 11.3 Å². The molecule has 0 aliphatic carbocycles. The second-order valence-corrected chi connectivity index (χ2v) is 19.8. The molecule has 0 radical (unpaired) electrons. The number of halogens is 1. The average molecular weight is 679 g/mol. The van der Waals surface area contributed by atoms with Gasteiger partial charge in [0.05, 0.1) is 12.1 Å². The summed E-state index contributed by atoms with van der Waals surface area (Å²) in [5.41, 5.74) is 7.35. The number of carboxylic acid groups (broad SMARTS) is 1. The van der Waals surface area contributed by atoms with E-state index in [-0.39, 0.29) is 40.5 Å². The molecule has 1 aliphatic rings. The summed E-state index contributed by atoms with van der Waals surface area (Å²) in [4.78, 5) is 33.8. The number of nitrogens with two attached hydrogens (primary N) is 1. The van der Waals surface area contributed by atoms with Gasteiger partial charge in [-0.25, -0.2) is 9.59 Å². The molecule has 1 aliphatic heterocycles. The number of hydrogen-bond donors (Lipinski definition) is 3. The first-order valence-corrected chi connectivity index (χ1v) is 19.1. The fourth-order valence-electron chi connectivity index (χ4n) is 3.82. The van der Waals surface area contributed by atoms with Crippen molar-refractivity contribution in [1.29, 1.82) is 0 Å². The summed E-state index contributed by atoms with van der Waals surface area (Å²) < 4.78 is 11.9. The number of carboxylic acids is 1. The molecule has 4 N–H and O–H groups in total. The molecule has 46 heavy (non-hydrogen) atoms. The van der Waals surface area contributed by atoms with Crippen molar-refractivity contribution in [2.75, 3.05) is 0 Å². The topological polar surface area (TPSA) is 128 Å². The van der Waals surface area contributed by atoms with Gasteiger partial charge in [-0.1, -0.05) is 108 Å². The summed E-state index contributed by atoms with van der Waals surface area (Å²) in [7, 11) is -1.88. The molecule has 260 valence electrons. The second-order valence-electron chi connectivity index (χ2n) is 14.4. The third-order valence-electron chi connectivity index (χ3n) is 7.95. The fraction of sp³-hybridized carbons (Fsp3) is 0.583. The van der Waals surface area contributed by atoms with Gasteiger partial charge in [-0.3, -0.25) is 4.79 Å². The van der Waals surface area contributed by atoms with Gasteiger partial charge in [0, 0.05) is 29.0 Å². The number of esters is 1. The molecule has 0 saturated carbocycles. The number of nitrogens with one attached hydrogen (secondary N) is 1. The number of carbonyl (C=O) groups excluding carboxylic acids is 2. The van der Waals surface area contributed by atoms with E-state index in [1.807, 2.05) is 71.9 Å². The maximum Gasteiger partial charge on any atom is 0.333 e. The predicted molar refractivity (Wildman–Crippen MR) is 193 cm³/mol. The standard InChI is InChI=1S/C20H39ClN2O2Si.C16H20O4/c1-15(21)12-13-16(25-26(8,9)20(5,6)7)11-10-14-23-18(24)17(22)19(2,3)4;1-11(6-4-5-7-15(17)18)10-13(3)14-9-8-12(2)16(19)20-14/h10,12,14,16-17H,11,13,22H2,1-9H3,(H,23,24);4-8,10,13-14H,9H2,1-3H3,(H,17,18)/b14-10-,15-12+;6-4+,7-5+,11-10+/t16-,17-;13-,14-/m10/s1. The van der Waals surface area contributed by atoms with Crippen LogP contribution in [-0.2, 0) is 23.5 Å². The summed E-state index contributed by atoms with van der Waals surface area (Å²) in [5, 5.41) is 12.1. The average Bonchev–Trinajstić information content (AvgIpc) is 2.91. The molecule has 10 heteroatoms. The number of hydrogen-bond acceptors (Lipinski definition) is 6. The number of aliphatic carboxylic acids is 1. The largest absolute Gasteiger partial charge is 0.478 e. The Kier molecular flexibility index (Phi) is 18.7. The van der Waals surface area contributed by atoms with Gasteiger partial charge >= 0.3 is 11.9 Å². The van der Waals surface area contributed by atoms with Crippen LogP contribution in [0.4, 0.5) is 0 Å². The first kappa shape index (κ1) is 43.3. The monoisotopic (exact) mass is 678 g/mol. The van der Waals surface area contributed by atoms with Crippen LogP contribution in [0.25, 0.3) is 0 Å². The lowest BCUT2D eigenvalue weighted by Gasteiger charge is -2.39. The molecule has 0 aromatic rings. The number of cyclic esters (lactones) is 1. The highest BCUT2D eigenvalue weighted by atomic mass is 35.5. The predicted octanol–water partition coefficient (Wildman–Crippen LogP) is 8.33. The third-order valence-corrected chi connectivity index (χ3v) is 12.6. The molecule has 0 saturated heterocycles. The minimum Gasteiger partial charge on any atom is -0.478 e. The normalized spacial score (nSPS) is 19.0. The van der Waals surface area contributed by atoms with Crippen molar-refractivity contribution in [2.24, 2.45) is 17.1 Å². The summed E-state index contributed by atoms with van der Waals surface area (Å²) in [6.45, 7) is 24.5. The van der Waals surface area contributed by atoms with E-state index < -0.39 is 20.3 Å². The van der Waals surface area contributed by atoms with E-state index in [9.17, 15) is 14.4 Å². The molecule has 0 aromatic heterocycles. The van der Waals surface area contributed by atoms with Gasteiger partial charge in [-0.2, -0.15) is 0 Å². The second kappa shape index (κ2) is 19.8. The van der Waals surface area contributed by atoms with Gasteiger partial charge in [0.1, 0.15) is 6.10 Å². The van der Waals surface area contributed by atoms with Crippen LogP contribution in [-0.4, -0.2) is 49.5 Å². The Morgan fingerprint density at radius 1 is 1.15 bits per heavy atom. The molecule has 1 heterocycles. The smallest absolute Gasteiger partial charge is 0.333 e. The number of amides is 1. The Hall–Kier alpha value is -2.72. The van der Waals surface area contributed by atoms with E-state index in [4.69, 9.17) is 31.6 Å². The summed E-state index contributed by atoms with van der Waals surface area (Å²) in [5.74, 6) is -1.29. The van der Waals surface area contributed by atoms with Crippen molar-refractivity contribution < 1.29 is 28.7 Å². The van der Waals surface area contributed by atoms with E-state index in [0.717, 1.165) is 29.5 Å². The van der Waals surface area contributed by atoms with Crippen LogP contribution >= 0.6 is 11.6 Å². The molecular weight excluding hydrogens is 620 g/mol. The van der Waals surface area contributed by atoms with Gasteiger partial charge < -0.3 is 25.3 Å². The van der Waals surface area contributed by atoms with Crippen molar-refractivity contribution in [2.45, 2.75) is 125 Å². The Bertz CT molecular complexity index is 1200. The van der Waals surface area contributed by atoms with E-state index in [0.29, 0.717) is 12.0 Å².